The Morgan fingerprint density at radius 2 is 2.04 bits per heavy atom. The van der Waals surface area contributed by atoms with Crippen molar-refractivity contribution in [3.63, 3.8) is 0 Å². The number of hydrogen-bond acceptors (Lipinski definition) is 4. The van der Waals surface area contributed by atoms with Crippen LogP contribution in [0.2, 0.25) is 0 Å². The summed E-state index contributed by atoms with van der Waals surface area (Å²) in [6.07, 6.45) is 2.60. The standard InChI is InChI=1S/C17H19N5O/c1-3-13(14-7-5-4-6-8-14)11-19-16(23)15-20-17-18-10-9-12(2)22(17)21-15/h4-10,13H,3,11H2,1-2H3,(H,19,23). The van der Waals surface area contributed by atoms with E-state index < -0.39 is 0 Å². The third kappa shape index (κ3) is 3.21. The molecule has 0 bridgehead atoms. The van der Waals surface area contributed by atoms with Crippen molar-refractivity contribution in [1.82, 2.24) is 24.9 Å². The number of aromatic nitrogens is 4. The highest BCUT2D eigenvalue weighted by atomic mass is 16.2. The lowest BCUT2D eigenvalue weighted by Crippen LogP contribution is -2.29. The number of benzene rings is 1. The SMILES string of the molecule is CCC(CNC(=O)c1nc2nccc(C)n2n1)c1ccccc1. The second kappa shape index (κ2) is 6.56. The van der Waals surface area contributed by atoms with E-state index in [0.29, 0.717) is 12.3 Å². The molecule has 0 spiro atoms. The monoisotopic (exact) mass is 309 g/mol. The van der Waals surface area contributed by atoms with Crippen LogP contribution in [0.4, 0.5) is 0 Å². The Morgan fingerprint density at radius 1 is 1.26 bits per heavy atom. The van der Waals surface area contributed by atoms with E-state index in [1.807, 2.05) is 31.2 Å². The van der Waals surface area contributed by atoms with E-state index in [1.165, 1.54) is 5.56 Å². The summed E-state index contributed by atoms with van der Waals surface area (Å²) in [7, 11) is 0. The molecule has 0 aliphatic carbocycles. The topological polar surface area (TPSA) is 72.2 Å². The van der Waals surface area contributed by atoms with Crippen LogP contribution in [0.3, 0.4) is 0 Å². The fourth-order valence-electron chi connectivity index (χ4n) is 2.52. The molecule has 1 aromatic carbocycles. The van der Waals surface area contributed by atoms with E-state index in [2.05, 4.69) is 39.4 Å². The maximum Gasteiger partial charge on any atom is 0.291 e. The average Bonchev–Trinajstić information content (AvgIpc) is 3.02. The Labute approximate surface area is 134 Å². The van der Waals surface area contributed by atoms with Gasteiger partial charge in [-0.2, -0.15) is 4.98 Å². The predicted molar refractivity (Wildman–Crippen MR) is 87.3 cm³/mol. The summed E-state index contributed by atoms with van der Waals surface area (Å²) in [5, 5.41) is 7.14. The van der Waals surface area contributed by atoms with Gasteiger partial charge in [0.1, 0.15) is 0 Å². The first-order chi connectivity index (χ1) is 11.2. The Bertz CT molecular complexity index is 812. The number of carbonyl (C=O) groups is 1. The maximum absolute atomic E-state index is 12.3. The van der Waals surface area contributed by atoms with Crippen molar-refractivity contribution >= 4 is 11.7 Å². The van der Waals surface area contributed by atoms with E-state index in [1.54, 1.807) is 10.7 Å². The number of carbonyl (C=O) groups excluding carboxylic acids is 1. The molecular formula is C17H19N5O. The molecule has 0 aliphatic heterocycles. The van der Waals surface area contributed by atoms with Gasteiger partial charge in [0.2, 0.25) is 5.82 Å². The highest BCUT2D eigenvalue weighted by Crippen LogP contribution is 2.18. The molecule has 0 radical (unpaired) electrons. The molecular weight excluding hydrogens is 290 g/mol. The molecule has 1 unspecified atom stereocenters. The van der Waals surface area contributed by atoms with Crippen LogP contribution in [0.5, 0.6) is 0 Å². The molecule has 3 aromatic rings. The zero-order chi connectivity index (χ0) is 16.2. The summed E-state index contributed by atoms with van der Waals surface area (Å²) in [6.45, 7) is 4.56. The van der Waals surface area contributed by atoms with Crippen LogP contribution in [0.25, 0.3) is 5.78 Å². The molecule has 0 fully saturated rings. The third-order valence-electron chi connectivity index (χ3n) is 3.91. The minimum Gasteiger partial charge on any atom is -0.349 e. The molecule has 6 heteroatoms. The molecule has 3 rings (SSSR count). The Morgan fingerprint density at radius 3 is 2.74 bits per heavy atom. The van der Waals surface area contributed by atoms with E-state index in [9.17, 15) is 4.79 Å². The molecule has 1 amide bonds. The summed E-state index contributed by atoms with van der Waals surface area (Å²) < 4.78 is 1.57. The number of fused-ring (bicyclic) bond motifs is 1. The minimum atomic E-state index is -0.274. The van der Waals surface area contributed by atoms with Crippen molar-refractivity contribution < 1.29 is 4.79 Å². The number of nitrogens with one attached hydrogen (secondary N) is 1. The molecule has 0 aliphatic rings. The van der Waals surface area contributed by atoms with Gasteiger partial charge in [0.25, 0.3) is 11.7 Å². The van der Waals surface area contributed by atoms with Gasteiger partial charge >= 0.3 is 0 Å². The molecule has 0 saturated heterocycles. The molecule has 1 atom stereocenters. The van der Waals surface area contributed by atoms with Gasteiger partial charge in [-0.05, 0) is 25.0 Å². The lowest BCUT2D eigenvalue weighted by atomic mass is 9.96. The molecule has 0 saturated carbocycles. The first kappa shape index (κ1) is 15.1. The molecule has 2 heterocycles. The van der Waals surface area contributed by atoms with Gasteiger partial charge < -0.3 is 5.32 Å². The van der Waals surface area contributed by atoms with Crippen LogP contribution in [0.15, 0.2) is 42.6 Å². The average molecular weight is 309 g/mol. The van der Waals surface area contributed by atoms with Gasteiger partial charge in [-0.25, -0.2) is 9.50 Å². The van der Waals surface area contributed by atoms with Crippen LogP contribution in [0, 0.1) is 6.92 Å². The first-order valence-corrected chi connectivity index (χ1v) is 7.70. The summed E-state index contributed by atoms with van der Waals surface area (Å²) >= 11 is 0. The van der Waals surface area contributed by atoms with Crippen LogP contribution >= 0.6 is 0 Å². The second-order valence-electron chi connectivity index (χ2n) is 5.46. The van der Waals surface area contributed by atoms with Crippen LogP contribution in [0.1, 0.15) is 41.1 Å². The smallest absolute Gasteiger partial charge is 0.291 e. The number of aryl methyl sites for hydroxylation is 1. The van der Waals surface area contributed by atoms with Gasteiger partial charge in [0, 0.05) is 24.4 Å². The van der Waals surface area contributed by atoms with Crippen LogP contribution < -0.4 is 5.32 Å². The van der Waals surface area contributed by atoms with E-state index >= 15 is 0 Å². The third-order valence-corrected chi connectivity index (χ3v) is 3.91. The largest absolute Gasteiger partial charge is 0.349 e. The van der Waals surface area contributed by atoms with Gasteiger partial charge in [0.15, 0.2) is 0 Å². The quantitative estimate of drug-likeness (QED) is 0.785. The van der Waals surface area contributed by atoms with Crippen molar-refractivity contribution in [2.75, 3.05) is 6.54 Å². The van der Waals surface area contributed by atoms with Gasteiger partial charge in [-0.3, -0.25) is 4.79 Å². The minimum absolute atomic E-state index is 0.148. The lowest BCUT2D eigenvalue weighted by molar-refractivity contribution is 0.0940. The van der Waals surface area contributed by atoms with Gasteiger partial charge in [0.05, 0.1) is 0 Å². The Hall–Kier alpha value is -2.76. The molecule has 2 aromatic heterocycles. The van der Waals surface area contributed by atoms with Crippen molar-refractivity contribution in [3.8, 4) is 0 Å². The molecule has 6 nitrogen and oxygen atoms in total. The van der Waals surface area contributed by atoms with Crippen molar-refractivity contribution in [2.45, 2.75) is 26.2 Å². The maximum atomic E-state index is 12.3. The molecule has 23 heavy (non-hydrogen) atoms. The normalized spacial score (nSPS) is 12.3. The Kier molecular flexibility index (Phi) is 4.32. The zero-order valence-corrected chi connectivity index (χ0v) is 13.2. The van der Waals surface area contributed by atoms with E-state index in [0.717, 1.165) is 12.1 Å². The number of nitrogens with zero attached hydrogens (tertiary/aromatic N) is 4. The first-order valence-electron chi connectivity index (χ1n) is 7.70. The fourth-order valence-corrected chi connectivity index (χ4v) is 2.52. The number of amides is 1. The predicted octanol–water partition coefficient (Wildman–Crippen LogP) is 2.36. The fraction of sp³-hybridized carbons (Fsp3) is 0.294. The zero-order valence-electron chi connectivity index (χ0n) is 13.2. The van der Waals surface area contributed by atoms with Crippen LogP contribution in [-0.2, 0) is 0 Å². The number of rotatable bonds is 5. The highest BCUT2D eigenvalue weighted by Gasteiger charge is 2.16. The summed E-state index contributed by atoms with van der Waals surface area (Å²) in [5.41, 5.74) is 2.10. The van der Waals surface area contributed by atoms with Crippen molar-refractivity contribution in [1.29, 1.82) is 0 Å². The van der Waals surface area contributed by atoms with Gasteiger partial charge in [-0.1, -0.05) is 37.3 Å². The summed E-state index contributed by atoms with van der Waals surface area (Å²) in [5.74, 6) is 0.585. The lowest BCUT2D eigenvalue weighted by Gasteiger charge is -2.15. The molecule has 1 N–H and O–H groups in total. The van der Waals surface area contributed by atoms with Crippen molar-refractivity contribution in [3.05, 3.63) is 59.7 Å². The Balaban J connectivity index is 1.72. The summed E-state index contributed by atoms with van der Waals surface area (Å²) in [4.78, 5) is 20.6. The van der Waals surface area contributed by atoms with Crippen molar-refractivity contribution in [2.24, 2.45) is 0 Å². The van der Waals surface area contributed by atoms with E-state index in [4.69, 9.17) is 0 Å². The number of hydrogen-bond donors (Lipinski definition) is 1. The summed E-state index contributed by atoms with van der Waals surface area (Å²) in [6, 6.07) is 12.0. The van der Waals surface area contributed by atoms with E-state index in [-0.39, 0.29) is 17.6 Å². The van der Waals surface area contributed by atoms with Gasteiger partial charge in [-0.15, -0.1) is 5.10 Å². The molecule has 118 valence electrons. The van der Waals surface area contributed by atoms with Crippen LogP contribution in [-0.4, -0.2) is 32.0 Å². The highest BCUT2D eigenvalue weighted by molar-refractivity contribution is 5.90. The second-order valence-corrected chi connectivity index (χ2v) is 5.46.